The lowest BCUT2D eigenvalue weighted by Crippen LogP contribution is -2.32. The van der Waals surface area contributed by atoms with Crippen LogP contribution >= 0.6 is 0 Å². The van der Waals surface area contributed by atoms with Gasteiger partial charge in [-0.3, -0.25) is 4.90 Å². The Bertz CT molecular complexity index is 409. The largest absolute Gasteiger partial charge is 0.492 e. The van der Waals surface area contributed by atoms with E-state index >= 15 is 0 Å². The van der Waals surface area contributed by atoms with E-state index in [1.165, 1.54) is 29.7 Å². The lowest BCUT2D eigenvalue weighted by Gasteiger charge is -2.20. The van der Waals surface area contributed by atoms with Crippen molar-refractivity contribution in [2.24, 2.45) is 0 Å². The Hall–Kier alpha value is -1.06. The van der Waals surface area contributed by atoms with Crippen LogP contribution < -0.4 is 10.1 Å². The Kier molecular flexibility index (Phi) is 5.23. The van der Waals surface area contributed by atoms with Crippen LogP contribution in [0.5, 0.6) is 5.75 Å². The van der Waals surface area contributed by atoms with Gasteiger partial charge in [0.1, 0.15) is 12.4 Å². The zero-order chi connectivity index (χ0) is 13.7. The van der Waals surface area contributed by atoms with E-state index in [1.807, 2.05) is 0 Å². The molecule has 3 heteroatoms. The van der Waals surface area contributed by atoms with Gasteiger partial charge in [0.05, 0.1) is 0 Å². The molecule has 0 unspecified atom stereocenters. The summed E-state index contributed by atoms with van der Waals surface area (Å²) < 4.78 is 6.03. The van der Waals surface area contributed by atoms with Crippen LogP contribution in [0.1, 0.15) is 23.1 Å². The molecule has 1 N–H and O–H groups in total. The van der Waals surface area contributed by atoms with Crippen LogP contribution in [0, 0.1) is 20.8 Å². The van der Waals surface area contributed by atoms with Crippen LogP contribution in [0.3, 0.4) is 0 Å². The molecule has 0 amide bonds. The minimum absolute atomic E-state index is 0.783. The van der Waals surface area contributed by atoms with E-state index in [0.29, 0.717) is 0 Å². The lowest BCUT2D eigenvalue weighted by molar-refractivity contribution is 0.216. The van der Waals surface area contributed by atoms with Gasteiger partial charge in [-0.05, 0) is 57.0 Å². The number of aryl methyl sites for hydroxylation is 2. The maximum Gasteiger partial charge on any atom is 0.125 e. The van der Waals surface area contributed by atoms with Crippen LogP contribution in [-0.4, -0.2) is 44.2 Å². The Labute approximate surface area is 116 Å². The second-order valence-electron chi connectivity index (χ2n) is 5.45. The molecule has 1 heterocycles. The first-order valence-corrected chi connectivity index (χ1v) is 7.31. The molecule has 1 fully saturated rings. The second kappa shape index (κ2) is 6.92. The summed E-state index contributed by atoms with van der Waals surface area (Å²) in [7, 11) is 0. The summed E-state index contributed by atoms with van der Waals surface area (Å²) in [6.45, 7) is 12.8. The predicted octanol–water partition coefficient (Wildman–Crippen LogP) is 2.29. The summed E-state index contributed by atoms with van der Waals surface area (Å²) in [5.74, 6) is 1.08. The van der Waals surface area contributed by atoms with E-state index in [1.54, 1.807) is 0 Å². The highest BCUT2D eigenvalue weighted by Crippen LogP contribution is 2.25. The topological polar surface area (TPSA) is 24.5 Å². The van der Waals surface area contributed by atoms with Gasteiger partial charge in [-0.15, -0.1) is 0 Å². The van der Waals surface area contributed by atoms with E-state index < -0.39 is 0 Å². The average Bonchev–Trinajstić information content (AvgIpc) is 2.67. The van der Waals surface area contributed by atoms with Gasteiger partial charge in [0, 0.05) is 19.6 Å². The Balaban J connectivity index is 1.87. The van der Waals surface area contributed by atoms with E-state index in [0.717, 1.165) is 38.5 Å². The molecule has 19 heavy (non-hydrogen) atoms. The molecular weight excluding hydrogens is 236 g/mol. The fourth-order valence-electron chi connectivity index (χ4n) is 2.55. The van der Waals surface area contributed by atoms with Crippen LogP contribution in [0.25, 0.3) is 0 Å². The summed E-state index contributed by atoms with van der Waals surface area (Å²) in [6, 6.07) is 4.31. The number of hydrogen-bond donors (Lipinski definition) is 1. The van der Waals surface area contributed by atoms with Crippen molar-refractivity contribution in [2.75, 3.05) is 39.3 Å². The summed E-state index contributed by atoms with van der Waals surface area (Å²) in [5, 5.41) is 3.43. The van der Waals surface area contributed by atoms with Crippen LogP contribution in [0.15, 0.2) is 12.1 Å². The van der Waals surface area contributed by atoms with Crippen LogP contribution in [0.2, 0.25) is 0 Å². The van der Waals surface area contributed by atoms with Gasteiger partial charge in [-0.25, -0.2) is 0 Å². The third-order valence-corrected chi connectivity index (χ3v) is 3.96. The monoisotopic (exact) mass is 262 g/mol. The van der Waals surface area contributed by atoms with Crippen molar-refractivity contribution in [3.05, 3.63) is 28.8 Å². The van der Waals surface area contributed by atoms with Crippen molar-refractivity contribution in [2.45, 2.75) is 27.2 Å². The smallest absolute Gasteiger partial charge is 0.125 e. The third-order valence-electron chi connectivity index (χ3n) is 3.96. The van der Waals surface area contributed by atoms with Gasteiger partial charge < -0.3 is 10.1 Å². The summed E-state index contributed by atoms with van der Waals surface area (Å²) in [6.07, 6.45) is 1.24. The summed E-state index contributed by atoms with van der Waals surface area (Å²) in [4.78, 5) is 2.49. The fourth-order valence-corrected chi connectivity index (χ4v) is 2.55. The predicted molar refractivity (Wildman–Crippen MR) is 80.1 cm³/mol. The van der Waals surface area contributed by atoms with Gasteiger partial charge in [-0.2, -0.15) is 0 Å². The molecule has 0 aliphatic carbocycles. The standard InChI is InChI=1S/C16H26N2O/c1-13-5-6-14(2)16(15(13)3)19-12-11-18-9-4-7-17-8-10-18/h5-6,17H,4,7-12H2,1-3H3. The van der Waals surface area contributed by atoms with Gasteiger partial charge in [0.25, 0.3) is 0 Å². The van der Waals surface area contributed by atoms with Crippen molar-refractivity contribution in [3.63, 3.8) is 0 Å². The molecule has 1 aromatic carbocycles. The molecule has 1 saturated heterocycles. The van der Waals surface area contributed by atoms with E-state index in [4.69, 9.17) is 4.74 Å². The lowest BCUT2D eigenvalue weighted by atomic mass is 10.1. The van der Waals surface area contributed by atoms with Crippen molar-refractivity contribution < 1.29 is 4.74 Å². The Morgan fingerprint density at radius 3 is 2.74 bits per heavy atom. The Morgan fingerprint density at radius 2 is 1.89 bits per heavy atom. The molecule has 0 bridgehead atoms. The number of benzene rings is 1. The minimum Gasteiger partial charge on any atom is -0.492 e. The molecule has 0 spiro atoms. The fraction of sp³-hybridized carbons (Fsp3) is 0.625. The summed E-state index contributed by atoms with van der Waals surface area (Å²) >= 11 is 0. The molecule has 1 aromatic rings. The van der Waals surface area contributed by atoms with E-state index in [-0.39, 0.29) is 0 Å². The van der Waals surface area contributed by atoms with Crippen LogP contribution in [-0.2, 0) is 0 Å². The number of hydrogen-bond acceptors (Lipinski definition) is 3. The zero-order valence-electron chi connectivity index (χ0n) is 12.5. The molecule has 2 rings (SSSR count). The van der Waals surface area contributed by atoms with Gasteiger partial charge in [0.2, 0.25) is 0 Å². The molecule has 0 saturated carbocycles. The van der Waals surface area contributed by atoms with Crippen molar-refractivity contribution in [3.8, 4) is 5.75 Å². The Morgan fingerprint density at radius 1 is 1.11 bits per heavy atom. The molecule has 0 radical (unpaired) electrons. The van der Waals surface area contributed by atoms with Crippen molar-refractivity contribution in [1.29, 1.82) is 0 Å². The van der Waals surface area contributed by atoms with E-state index in [9.17, 15) is 0 Å². The van der Waals surface area contributed by atoms with Gasteiger partial charge in [-0.1, -0.05) is 12.1 Å². The molecule has 0 aromatic heterocycles. The zero-order valence-corrected chi connectivity index (χ0v) is 12.5. The molecular formula is C16H26N2O. The van der Waals surface area contributed by atoms with Crippen molar-refractivity contribution >= 4 is 0 Å². The molecule has 106 valence electrons. The van der Waals surface area contributed by atoms with Crippen LogP contribution in [0.4, 0.5) is 0 Å². The second-order valence-corrected chi connectivity index (χ2v) is 5.45. The third kappa shape index (κ3) is 3.95. The first-order valence-electron chi connectivity index (χ1n) is 7.31. The van der Waals surface area contributed by atoms with Gasteiger partial charge in [0.15, 0.2) is 0 Å². The summed E-state index contributed by atoms with van der Waals surface area (Å²) in [5.41, 5.74) is 3.82. The number of rotatable bonds is 4. The highest BCUT2D eigenvalue weighted by atomic mass is 16.5. The maximum atomic E-state index is 6.03. The van der Waals surface area contributed by atoms with E-state index in [2.05, 4.69) is 43.1 Å². The molecule has 1 aliphatic rings. The minimum atomic E-state index is 0.783. The molecule has 3 nitrogen and oxygen atoms in total. The highest BCUT2D eigenvalue weighted by Gasteiger charge is 2.10. The normalized spacial score (nSPS) is 17.2. The van der Waals surface area contributed by atoms with Gasteiger partial charge >= 0.3 is 0 Å². The number of nitrogens with one attached hydrogen (secondary N) is 1. The molecule has 1 aliphatic heterocycles. The quantitative estimate of drug-likeness (QED) is 0.901. The first kappa shape index (κ1) is 14.4. The van der Waals surface area contributed by atoms with Crippen molar-refractivity contribution in [1.82, 2.24) is 10.2 Å². The highest BCUT2D eigenvalue weighted by molar-refractivity contribution is 5.44. The SMILES string of the molecule is Cc1ccc(C)c(OCCN2CCCNCC2)c1C. The maximum absolute atomic E-state index is 6.03. The molecule has 0 atom stereocenters. The average molecular weight is 262 g/mol. The first-order chi connectivity index (χ1) is 9.18. The number of nitrogens with zero attached hydrogens (tertiary/aromatic N) is 1. The number of ether oxygens (including phenoxy) is 1.